The highest BCUT2D eigenvalue weighted by molar-refractivity contribution is 9.10. The van der Waals surface area contributed by atoms with E-state index in [0.29, 0.717) is 17.7 Å². The van der Waals surface area contributed by atoms with E-state index >= 15 is 0 Å². The molecule has 1 atom stereocenters. The van der Waals surface area contributed by atoms with Gasteiger partial charge in [-0.15, -0.1) is 0 Å². The number of benzene rings is 2. The number of hydrogen-bond acceptors (Lipinski definition) is 3. The summed E-state index contributed by atoms with van der Waals surface area (Å²) < 4.78 is 6.60. The molecule has 5 nitrogen and oxygen atoms in total. The van der Waals surface area contributed by atoms with E-state index in [-0.39, 0.29) is 11.9 Å². The topological polar surface area (TPSA) is 57.7 Å². The number of ether oxygens (including phenoxy) is 1. The molecule has 1 N–H and O–H groups in total. The van der Waals surface area contributed by atoms with E-state index in [1.54, 1.807) is 7.11 Å². The molecule has 6 heteroatoms. The van der Waals surface area contributed by atoms with Crippen molar-refractivity contribution in [3.63, 3.8) is 0 Å². The molecule has 2 aliphatic rings. The van der Waals surface area contributed by atoms with Crippen molar-refractivity contribution in [1.29, 1.82) is 0 Å². The fraction of sp³-hybridized carbons (Fsp3) is 0.185. The van der Waals surface area contributed by atoms with Gasteiger partial charge in [-0.05, 0) is 67.4 Å². The van der Waals surface area contributed by atoms with E-state index in [9.17, 15) is 4.79 Å². The van der Waals surface area contributed by atoms with Gasteiger partial charge in [0.25, 0.3) is 5.91 Å². The Hall–Kier alpha value is -3.38. The number of hydrogen-bond donors (Lipinski definition) is 1. The summed E-state index contributed by atoms with van der Waals surface area (Å²) >= 11 is 3.45. The first-order valence-corrected chi connectivity index (χ1v) is 11.6. The Bertz CT molecular complexity index is 1330. The number of nitrogens with zero attached hydrogens (tertiary/aromatic N) is 2. The Labute approximate surface area is 201 Å². The van der Waals surface area contributed by atoms with Crippen LogP contribution in [-0.4, -0.2) is 29.8 Å². The Morgan fingerprint density at radius 3 is 2.64 bits per heavy atom. The predicted molar refractivity (Wildman–Crippen MR) is 136 cm³/mol. The Kier molecular flexibility index (Phi) is 5.54. The van der Waals surface area contributed by atoms with Crippen molar-refractivity contribution >= 4 is 39.3 Å². The number of methoxy groups -OCH3 is 1. The highest BCUT2D eigenvalue weighted by atomic mass is 79.9. The zero-order valence-electron chi connectivity index (χ0n) is 18.7. The van der Waals surface area contributed by atoms with Crippen molar-refractivity contribution in [2.45, 2.75) is 26.3 Å². The molecular formula is C27H24BrN3O2. The third-order valence-electron chi connectivity index (χ3n) is 6.10. The molecule has 1 aromatic heterocycles. The van der Waals surface area contributed by atoms with Crippen molar-refractivity contribution in [3.8, 4) is 0 Å². The zero-order valence-corrected chi connectivity index (χ0v) is 20.3. The number of halogens is 1. The average Bonchev–Trinajstić information content (AvgIpc) is 3.48. The van der Waals surface area contributed by atoms with Gasteiger partial charge in [0, 0.05) is 39.6 Å². The zero-order chi connectivity index (χ0) is 23.1. The molecule has 0 saturated heterocycles. The third kappa shape index (κ3) is 3.95. The largest absolute Gasteiger partial charge is 0.494 e. The monoisotopic (exact) mass is 501 g/mol. The first-order valence-electron chi connectivity index (χ1n) is 10.8. The summed E-state index contributed by atoms with van der Waals surface area (Å²) in [5.41, 5.74) is 7.54. The molecular weight excluding hydrogens is 478 g/mol. The lowest BCUT2D eigenvalue weighted by Gasteiger charge is -2.25. The van der Waals surface area contributed by atoms with E-state index in [0.717, 1.165) is 44.1 Å². The maximum absolute atomic E-state index is 13.6. The minimum absolute atomic E-state index is 0.0409. The third-order valence-corrected chi connectivity index (χ3v) is 6.63. The lowest BCUT2D eigenvalue weighted by atomic mass is 10.1. The molecule has 0 fully saturated rings. The van der Waals surface area contributed by atoms with Crippen LogP contribution >= 0.6 is 15.9 Å². The summed E-state index contributed by atoms with van der Waals surface area (Å²) in [4.78, 5) is 23.8. The van der Waals surface area contributed by atoms with Crippen LogP contribution in [0.3, 0.4) is 0 Å². The first kappa shape index (κ1) is 21.5. The number of carbonyl (C=O) groups excluding carboxylic acids is 1. The fourth-order valence-electron chi connectivity index (χ4n) is 4.51. The summed E-state index contributed by atoms with van der Waals surface area (Å²) in [6.45, 7) is 4.10. The summed E-state index contributed by atoms with van der Waals surface area (Å²) in [5, 5.41) is 0. The number of H-pyrrole nitrogens is 1. The molecule has 0 spiro atoms. The second-order valence-electron chi connectivity index (χ2n) is 8.36. The van der Waals surface area contributed by atoms with Crippen LogP contribution in [-0.2, 0) is 11.2 Å². The van der Waals surface area contributed by atoms with Crippen molar-refractivity contribution in [1.82, 2.24) is 4.98 Å². The standard InChI is InChI=1S/C27H24BrN3O2/c1-16-12-17(2)29-21(16)14-23-26(33-3)15-22(30-23)25-13-19-6-4-5-7-24(19)31(25)27(32)18-8-10-20(28)11-9-18/h4-12,14-15,25,29H,13H2,1-3H3/b23-14+. The highest BCUT2D eigenvalue weighted by Crippen LogP contribution is 2.36. The van der Waals surface area contributed by atoms with Crippen LogP contribution in [0.4, 0.5) is 5.69 Å². The van der Waals surface area contributed by atoms with Crippen LogP contribution < -0.4 is 4.90 Å². The molecule has 1 unspecified atom stereocenters. The van der Waals surface area contributed by atoms with Crippen LogP contribution in [0.1, 0.15) is 32.9 Å². The number of aliphatic imine (C=N–C) groups is 1. The van der Waals surface area contributed by atoms with Gasteiger partial charge in [-0.3, -0.25) is 9.69 Å². The fourth-order valence-corrected chi connectivity index (χ4v) is 4.78. The van der Waals surface area contributed by atoms with Gasteiger partial charge in [0.05, 0.1) is 18.9 Å². The minimum Gasteiger partial charge on any atom is -0.494 e. The van der Waals surface area contributed by atoms with E-state index in [1.165, 1.54) is 0 Å². The van der Waals surface area contributed by atoms with Crippen molar-refractivity contribution in [3.05, 3.63) is 105 Å². The number of anilines is 1. The van der Waals surface area contributed by atoms with Crippen LogP contribution in [0.25, 0.3) is 6.08 Å². The Balaban J connectivity index is 1.55. The van der Waals surface area contributed by atoms with E-state index in [4.69, 9.17) is 9.73 Å². The smallest absolute Gasteiger partial charge is 0.258 e. The molecule has 2 aromatic carbocycles. The second kappa shape index (κ2) is 8.52. The maximum atomic E-state index is 13.6. The van der Waals surface area contributed by atoms with Crippen LogP contribution in [0.2, 0.25) is 0 Å². The molecule has 2 aliphatic heterocycles. The van der Waals surface area contributed by atoms with Gasteiger partial charge < -0.3 is 9.72 Å². The second-order valence-corrected chi connectivity index (χ2v) is 9.27. The quantitative estimate of drug-likeness (QED) is 0.477. The number of para-hydroxylation sites is 1. The molecule has 1 amide bonds. The van der Waals surface area contributed by atoms with Gasteiger partial charge in [0.1, 0.15) is 11.5 Å². The number of rotatable bonds is 4. The van der Waals surface area contributed by atoms with Crippen molar-refractivity contribution in [2.75, 3.05) is 12.0 Å². The van der Waals surface area contributed by atoms with Crippen molar-refractivity contribution < 1.29 is 9.53 Å². The van der Waals surface area contributed by atoms with Crippen molar-refractivity contribution in [2.24, 2.45) is 4.99 Å². The molecule has 166 valence electrons. The van der Waals surface area contributed by atoms with E-state index < -0.39 is 0 Å². The lowest BCUT2D eigenvalue weighted by molar-refractivity contribution is 0.0985. The lowest BCUT2D eigenvalue weighted by Crippen LogP contribution is -2.42. The van der Waals surface area contributed by atoms with E-state index in [2.05, 4.69) is 40.0 Å². The molecule has 3 aromatic rings. The van der Waals surface area contributed by atoms with Crippen LogP contribution in [0, 0.1) is 13.8 Å². The number of aryl methyl sites for hydroxylation is 2. The van der Waals surface area contributed by atoms with Crippen LogP contribution in [0.15, 0.2) is 81.6 Å². The highest BCUT2D eigenvalue weighted by Gasteiger charge is 2.38. The summed E-state index contributed by atoms with van der Waals surface area (Å²) in [7, 11) is 1.65. The molecule has 0 aliphatic carbocycles. The van der Waals surface area contributed by atoms with Gasteiger partial charge in [-0.25, -0.2) is 4.99 Å². The maximum Gasteiger partial charge on any atom is 0.258 e. The number of carbonyl (C=O) groups is 1. The number of nitrogens with one attached hydrogen (secondary N) is 1. The molecule has 33 heavy (non-hydrogen) atoms. The molecule has 5 rings (SSSR count). The SMILES string of the molecule is COC1=CC(C2Cc3ccccc3N2C(=O)c2ccc(Br)cc2)=N/C1=C/c1[nH]c(C)cc1C. The van der Waals surface area contributed by atoms with E-state index in [1.807, 2.05) is 66.4 Å². The summed E-state index contributed by atoms with van der Waals surface area (Å²) in [6, 6.07) is 17.4. The number of aromatic nitrogens is 1. The average molecular weight is 502 g/mol. The van der Waals surface area contributed by atoms with Gasteiger partial charge in [-0.2, -0.15) is 0 Å². The minimum atomic E-state index is -0.207. The normalized spacial score (nSPS) is 18.4. The van der Waals surface area contributed by atoms with Gasteiger partial charge in [0.15, 0.2) is 0 Å². The number of fused-ring (bicyclic) bond motifs is 1. The van der Waals surface area contributed by atoms with Gasteiger partial charge in [0.2, 0.25) is 0 Å². The van der Waals surface area contributed by atoms with Crippen LogP contribution in [0.5, 0.6) is 0 Å². The molecule has 0 radical (unpaired) electrons. The number of amides is 1. The number of aromatic amines is 1. The predicted octanol–water partition coefficient (Wildman–Crippen LogP) is 5.99. The Morgan fingerprint density at radius 1 is 1.18 bits per heavy atom. The summed E-state index contributed by atoms with van der Waals surface area (Å²) in [5.74, 6) is 0.657. The first-order chi connectivity index (χ1) is 15.9. The summed E-state index contributed by atoms with van der Waals surface area (Å²) in [6.07, 6.45) is 4.67. The van der Waals surface area contributed by atoms with Gasteiger partial charge >= 0.3 is 0 Å². The molecule has 0 saturated carbocycles. The van der Waals surface area contributed by atoms with Gasteiger partial charge in [-0.1, -0.05) is 34.1 Å². The molecule has 0 bridgehead atoms. The molecule has 3 heterocycles. The Morgan fingerprint density at radius 2 is 1.94 bits per heavy atom.